The van der Waals surface area contributed by atoms with Crippen molar-refractivity contribution in [1.82, 2.24) is 4.98 Å². The number of hydrogen-bond acceptors (Lipinski definition) is 4. The Labute approximate surface area is 107 Å². The van der Waals surface area contributed by atoms with Gasteiger partial charge in [0, 0.05) is 10.9 Å². The standard InChI is InChI=1S/C10H5F5N2OS/c11-7-4(5-3-19-9(16)17-5)1-2-6(8(7)12)18-10(13,14)15/h1-3H,(H2,16,17). The molecule has 102 valence electrons. The molecule has 0 aliphatic carbocycles. The number of anilines is 1. The third kappa shape index (κ3) is 2.92. The molecule has 9 heteroatoms. The number of alkyl halides is 3. The van der Waals surface area contributed by atoms with Crippen molar-refractivity contribution in [2.75, 3.05) is 5.73 Å². The van der Waals surface area contributed by atoms with Gasteiger partial charge in [-0.3, -0.25) is 0 Å². The van der Waals surface area contributed by atoms with Gasteiger partial charge in [0.2, 0.25) is 5.82 Å². The Hall–Kier alpha value is -1.90. The predicted molar refractivity (Wildman–Crippen MR) is 58.6 cm³/mol. The number of ether oxygens (including phenoxy) is 1. The number of aromatic nitrogens is 1. The van der Waals surface area contributed by atoms with Crippen LogP contribution in [0.25, 0.3) is 11.3 Å². The van der Waals surface area contributed by atoms with E-state index in [0.29, 0.717) is 6.07 Å². The van der Waals surface area contributed by atoms with Crippen LogP contribution in [0.2, 0.25) is 0 Å². The molecule has 1 aromatic heterocycles. The van der Waals surface area contributed by atoms with Crippen LogP contribution in [0.15, 0.2) is 17.5 Å². The van der Waals surface area contributed by atoms with Gasteiger partial charge < -0.3 is 10.5 Å². The summed E-state index contributed by atoms with van der Waals surface area (Å²) in [7, 11) is 0. The first-order chi connectivity index (χ1) is 8.78. The van der Waals surface area contributed by atoms with Crippen LogP contribution in [0.3, 0.4) is 0 Å². The maximum absolute atomic E-state index is 13.6. The van der Waals surface area contributed by atoms with E-state index in [1.54, 1.807) is 0 Å². The summed E-state index contributed by atoms with van der Waals surface area (Å²) in [6.07, 6.45) is -5.10. The third-order valence-electron chi connectivity index (χ3n) is 2.07. The lowest BCUT2D eigenvalue weighted by molar-refractivity contribution is -0.275. The van der Waals surface area contributed by atoms with E-state index in [2.05, 4.69) is 9.72 Å². The lowest BCUT2D eigenvalue weighted by Gasteiger charge is -2.11. The Kier molecular flexibility index (Phi) is 3.31. The molecule has 0 aliphatic rings. The molecule has 0 saturated carbocycles. The number of hydrogen-bond donors (Lipinski definition) is 1. The highest BCUT2D eigenvalue weighted by Crippen LogP contribution is 2.33. The second-order valence-electron chi connectivity index (χ2n) is 3.36. The van der Waals surface area contributed by atoms with Gasteiger partial charge in [0.05, 0.1) is 5.69 Å². The van der Waals surface area contributed by atoms with E-state index in [0.717, 1.165) is 17.4 Å². The first kappa shape index (κ1) is 13.5. The molecule has 19 heavy (non-hydrogen) atoms. The van der Waals surface area contributed by atoms with Crippen molar-refractivity contribution in [3.63, 3.8) is 0 Å². The Bertz CT molecular complexity index is 610. The summed E-state index contributed by atoms with van der Waals surface area (Å²) < 4.78 is 66.2. The van der Waals surface area contributed by atoms with Gasteiger partial charge in [-0.25, -0.2) is 9.37 Å². The molecule has 0 atom stereocenters. The van der Waals surface area contributed by atoms with Crippen molar-refractivity contribution in [3.05, 3.63) is 29.1 Å². The molecule has 0 bridgehead atoms. The molecular formula is C10H5F5N2OS. The third-order valence-corrected chi connectivity index (χ3v) is 2.74. The molecule has 0 radical (unpaired) electrons. The first-order valence-corrected chi connectivity index (χ1v) is 5.61. The SMILES string of the molecule is Nc1nc(-c2ccc(OC(F)(F)F)c(F)c2F)cs1. The normalized spacial score (nSPS) is 11.6. The number of rotatable bonds is 2. The van der Waals surface area contributed by atoms with Crippen LogP contribution in [0, 0.1) is 11.6 Å². The molecule has 2 rings (SSSR count). The van der Waals surface area contributed by atoms with Crippen LogP contribution in [0.5, 0.6) is 5.75 Å². The summed E-state index contributed by atoms with van der Waals surface area (Å²) >= 11 is 0.994. The number of benzene rings is 1. The Balaban J connectivity index is 2.43. The molecule has 0 spiro atoms. The number of nitrogen functional groups attached to an aromatic ring is 1. The molecular weight excluding hydrogens is 291 g/mol. The lowest BCUT2D eigenvalue weighted by Crippen LogP contribution is -2.18. The van der Waals surface area contributed by atoms with Crippen molar-refractivity contribution >= 4 is 16.5 Å². The zero-order chi connectivity index (χ0) is 14.2. The van der Waals surface area contributed by atoms with Crippen molar-refractivity contribution in [2.24, 2.45) is 0 Å². The first-order valence-electron chi connectivity index (χ1n) is 4.73. The number of nitrogens with two attached hydrogens (primary N) is 1. The minimum absolute atomic E-state index is 0.0393. The van der Waals surface area contributed by atoms with Gasteiger partial charge in [-0.2, -0.15) is 4.39 Å². The molecule has 3 nitrogen and oxygen atoms in total. The van der Waals surface area contributed by atoms with Crippen LogP contribution in [-0.4, -0.2) is 11.3 Å². The van der Waals surface area contributed by atoms with Gasteiger partial charge >= 0.3 is 6.36 Å². The van der Waals surface area contributed by atoms with Crippen molar-refractivity contribution in [2.45, 2.75) is 6.36 Å². The molecule has 1 heterocycles. The average molecular weight is 296 g/mol. The second kappa shape index (κ2) is 4.65. The highest BCUT2D eigenvalue weighted by molar-refractivity contribution is 7.13. The monoisotopic (exact) mass is 296 g/mol. The van der Waals surface area contributed by atoms with Crippen molar-refractivity contribution in [1.29, 1.82) is 0 Å². The summed E-state index contributed by atoms with van der Waals surface area (Å²) in [5, 5.41) is 1.49. The highest BCUT2D eigenvalue weighted by Gasteiger charge is 2.33. The number of halogens is 5. The smallest absolute Gasteiger partial charge is 0.403 e. The van der Waals surface area contributed by atoms with Gasteiger partial charge in [0.25, 0.3) is 0 Å². The molecule has 2 aromatic rings. The summed E-state index contributed by atoms with van der Waals surface area (Å²) in [5.41, 5.74) is 5.08. The second-order valence-corrected chi connectivity index (χ2v) is 4.25. The van der Waals surface area contributed by atoms with Crippen LogP contribution >= 0.6 is 11.3 Å². The zero-order valence-corrected chi connectivity index (χ0v) is 9.78. The predicted octanol–water partition coefficient (Wildman–Crippen LogP) is 3.57. The number of thiazole rings is 1. The fraction of sp³-hybridized carbons (Fsp3) is 0.100. The van der Waals surface area contributed by atoms with Gasteiger partial charge in [0.15, 0.2) is 16.7 Å². The van der Waals surface area contributed by atoms with Gasteiger partial charge in [-0.1, -0.05) is 0 Å². The summed E-state index contributed by atoms with van der Waals surface area (Å²) in [6.45, 7) is 0. The van der Waals surface area contributed by atoms with Crippen LogP contribution in [-0.2, 0) is 0 Å². The molecule has 0 aliphatic heterocycles. The maximum Gasteiger partial charge on any atom is 0.573 e. The van der Waals surface area contributed by atoms with Gasteiger partial charge in [0.1, 0.15) is 0 Å². The van der Waals surface area contributed by atoms with E-state index in [1.165, 1.54) is 5.38 Å². The van der Waals surface area contributed by atoms with E-state index in [9.17, 15) is 22.0 Å². The fourth-order valence-electron chi connectivity index (χ4n) is 1.34. The average Bonchev–Trinajstić information content (AvgIpc) is 2.70. The van der Waals surface area contributed by atoms with E-state index in [1.807, 2.05) is 0 Å². The maximum atomic E-state index is 13.6. The van der Waals surface area contributed by atoms with Gasteiger partial charge in [-0.05, 0) is 12.1 Å². The minimum atomic E-state index is -5.10. The molecule has 0 unspecified atom stereocenters. The zero-order valence-electron chi connectivity index (χ0n) is 8.96. The van der Waals surface area contributed by atoms with Crippen LogP contribution < -0.4 is 10.5 Å². The topological polar surface area (TPSA) is 48.1 Å². The van der Waals surface area contributed by atoms with Gasteiger partial charge in [-0.15, -0.1) is 24.5 Å². The molecule has 0 fully saturated rings. The van der Waals surface area contributed by atoms with E-state index in [4.69, 9.17) is 5.73 Å². The van der Waals surface area contributed by atoms with E-state index < -0.39 is 23.7 Å². The molecule has 2 N–H and O–H groups in total. The van der Waals surface area contributed by atoms with Crippen molar-refractivity contribution < 1.29 is 26.7 Å². The molecule has 0 saturated heterocycles. The fourth-order valence-corrected chi connectivity index (χ4v) is 1.91. The number of nitrogens with zero attached hydrogens (tertiary/aromatic N) is 1. The Morgan fingerprint density at radius 3 is 2.37 bits per heavy atom. The van der Waals surface area contributed by atoms with E-state index >= 15 is 0 Å². The Morgan fingerprint density at radius 2 is 1.84 bits per heavy atom. The largest absolute Gasteiger partial charge is 0.573 e. The summed E-state index contributed by atoms with van der Waals surface area (Å²) in [5.74, 6) is -4.45. The minimum Gasteiger partial charge on any atom is -0.403 e. The Morgan fingerprint density at radius 1 is 1.16 bits per heavy atom. The summed E-state index contributed by atoms with van der Waals surface area (Å²) in [6, 6.07) is 1.62. The van der Waals surface area contributed by atoms with Crippen LogP contribution in [0.4, 0.5) is 27.1 Å². The lowest BCUT2D eigenvalue weighted by atomic mass is 10.1. The highest BCUT2D eigenvalue weighted by atomic mass is 32.1. The van der Waals surface area contributed by atoms with E-state index in [-0.39, 0.29) is 16.4 Å². The van der Waals surface area contributed by atoms with Crippen molar-refractivity contribution in [3.8, 4) is 17.0 Å². The summed E-state index contributed by atoms with van der Waals surface area (Å²) in [4.78, 5) is 3.71. The molecule has 0 amide bonds. The molecule has 1 aromatic carbocycles. The van der Waals surface area contributed by atoms with Crippen LogP contribution in [0.1, 0.15) is 0 Å². The quantitative estimate of drug-likeness (QED) is 0.862.